The van der Waals surface area contributed by atoms with E-state index < -0.39 is 0 Å². The van der Waals surface area contributed by atoms with Gasteiger partial charge in [0.2, 0.25) is 0 Å². The van der Waals surface area contributed by atoms with E-state index >= 15 is 0 Å². The molecule has 3 aromatic rings. The summed E-state index contributed by atoms with van der Waals surface area (Å²) in [6.07, 6.45) is 3.85. The van der Waals surface area contributed by atoms with E-state index in [2.05, 4.69) is 29.1 Å². The van der Waals surface area contributed by atoms with Gasteiger partial charge in [-0.15, -0.1) is 10.2 Å². The zero-order valence-corrected chi connectivity index (χ0v) is 13.7. The van der Waals surface area contributed by atoms with E-state index in [-0.39, 0.29) is 0 Å². The van der Waals surface area contributed by atoms with E-state index in [0.29, 0.717) is 5.92 Å². The summed E-state index contributed by atoms with van der Waals surface area (Å²) in [5.41, 5.74) is 2.19. The second-order valence-corrected chi connectivity index (χ2v) is 6.38. The normalized spacial score (nSPS) is 11.1. The number of aromatic nitrogens is 4. The topological polar surface area (TPSA) is 52.8 Å². The maximum Gasteiger partial charge on any atom is 0.150 e. The first-order valence-electron chi connectivity index (χ1n) is 7.15. The van der Waals surface area contributed by atoms with Crippen LogP contribution in [0, 0.1) is 0 Å². The van der Waals surface area contributed by atoms with Crippen molar-refractivity contribution in [3.63, 3.8) is 0 Å². The van der Waals surface area contributed by atoms with Crippen molar-refractivity contribution in [3.05, 3.63) is 47.2 Å². The van der Waals surface area contributed by atoms with E-state index in [1.807, 2.05) is 41.3 Å². The highest BCUT2D eigenvalue weighted by Gasteiger charge is 2.11. The summed E-state index contributed by atoms with van der Waals surface area (Å²) in [6, 6.07) is 8.00. The van der Waals surface area contributed by atoms with Crippen LogP contribution in [0.5, 0.6) is 5.75 Å². The van der Waals surface area contributed by atoms with Crippen molar-refractivity contribution in [2.45, 2.75) is 26.3 Å². The smallest absolute Gasteiger partial charge is 0.150 e. The molecule has 0 saturated carbocycles. The van der Waals surface area contributed by atoms with E-state index in [1.165, 1.54) is 5.56 Å². The molecule has 0 radical (unpaired) electrons. The van der Waals surface area contributed by atoms with Crippen LogP contribution in [0.4, 0.5) is 0 Å². The molecule has 0 bridgehead atoms. The maximum absolute atomic E-state index is 5.17. The maximum atomic E-state index is 5.17. The summed E-state index contributed by atoms with van der Waals surface area (Å²) >= 11 is 1.63. The SMILES string of the molecule is COc1ccc(Cn2cc(-c3nnc(C(C)C)s3)cn2)cc1. The molecule has 0 saturated heterocycles. The molecule has 114 valence electrons. The summed E-state index contributed by atoms with van der Waals surface area (Å²) in [6.45, 7) is 4.97. The van der Waals surface area contributed by atoms with Crippen LogP contribution in [-0.2, 0) is 6.54 Å². The molecule has 0 unspecified atom stereocenters. The van der Waals surface area contributed by atoms with E-state index in [4.69, 9.17) is 4.74 Å². The van der Waals surface area contributed by atoms with Crippen molar-refractivity contribution in [2.24, 2.45) is 0 Å². The highest BCUT2D eigenvalue weighted by atomic mass is 32.1. The lowest BCUT2D eigenvalue weighted by atomic mass is 10.2. The molecule has 3 rings (SSSR count). The minimum Gasteiger partial charge on any atom is -0.497 e. The van der Waals surface area contributed by atoms with Gasteiger partial charge in [-0.05, 0) is 17.7 Å². The largest absolute Gasteiger partial charge is 0.497 e. The van der Waals surface area contributed by atoms with E-state index in [0.717, 1.165) is 27.9 Å². The number of hydrogen-bond donors (Lipinski definition) is 0. The standard InChI is InChI=1S/C16H18N4OS/c1-11(2)15-18-19-16(22-15)13-8-17-20(10-13)9-12-4-6-14(21-3)7-5-12/h4-8,10-11H,9H2,1-3H3. The number of ether oxygens (including phenoxy) is 1. The van der Waals surface area contributed by atoms with Gasteiger partial charge in [-0.2, -0.15) is 5.10 Å². The summed E-state index contributed by atoms with van der Waals surface area (Å²) in [4.78, 5) is 0. The van der Waals surface area contributed by atoms with Crippen LogP contribution in [0.3, 0.4) is 0 Å². The van der Waals surface area contributed by atoms with Crippen LogP contribution in [0.15, 0.2) is 36.7 Å². The van der Waals surface area contributed by atoms with Gasteiger partial charge in [0.25, 0.3) is 0 Å². The van der Waals surface area contributed by atoms with Crippen molar-refractivity contribution in [3.8, 4) is 16.3 Å². The minimum absolute atomic E-state index is 0.403. The lowest BCUT2D eigenvalue weighted by Crippen LogP contribution is -1.99. The predicted molar refractivity (Wildman–Crippen MR) is 87.3 cm³/mol. The second kappa shape index (κ2) is 6.27. The Hall–Kier alpha value is -2.21. The molecule has 0 N–H and O–H groups in total. The Bertz CT molecular complexity index is 746. The molecule has 0 atom stereocenters. The summed E-state index contributed by atoms with van der Waals surface area (Å²) in [7, 11) is 1.67. The van der Waals surface area contributed by atoms with Gasteiger partial charge in [-0.3, -0.25) is 4.68 Å². The number of methoxy groups -OCH3 is 1. The fourth-order valence-electron chi connectivity index (χ4n) is 2.06. The number of rotatable bonds is 5. The molecule has 2 heterocycles. The van der Waals surface area contributed by atoms with Crippen LogP contribution in [0.1, 0.15) is 30.3 Å². The molecule has 0 aliphatic heterocycles. The van der Waals surface area contributed by atoms with E-state index in [1.54, 1.807) is 18.4 Å². The van der Waals surface area contributed by atoms with Crippen LogP contribution < -0.4 is 4.74 Å². The Morgan fingerprint density at radius 3 is 2.59 bits per heavy atom. The average molecular weight is 314 g/mol. The third kappa shape index (κ3) is 3.17. The highest BCUT2D eigenvalue weighted by Crippen LogP contribution is 2.27. The molecule has 6 heteroatoms. The van der Waals surface area contributed by atoms with Gasteiger partial charge in [-0.1, -0.05) is 37.3 Å². The number of benzene rings is 1. The quantitative estimate of drug-likeness (QED) is 0.722. The van der Waals surface area contributed by atoms with Gasteiger partial charge < -0.3 is 4.74 Å². The number of nitrogens with zero attached hydrogens (tertiary/aromatic N) is 4. The van der Waals surface area contributed by atoms with Gasteiger partial charge in [0, 0.05) is 12.1 Å². The Balaban J connectivity index is 1.74. The van der Waals surface area contributed by atoms with Crippen molar-refractivity contribution in [2.75, 3.05) is 7.11 Å². The molecule has 0 aliphatic carbocycles. The summed E-state index contributed by atoms with van der Waals surface area (Å²) in [5, 5.41) is 14.9. The monoisotopic (exact) mass is 314 g/mol. The van der Waals surface area contributed by atoms with Crippen molar-refractivity contribution < 1.29 is 4.74 Å². The zero-order valence-electron chi connectivity index (χ0n) is 12.9. The van der Waals surface area contributed by atoms with Crippen LogP contribution in [0.25, 0.3) is 10.6 Å². The van der Waals surface area contributed by atoms with Crippen LogP contribution in [-0.4, -0.2) is 27.1 Å². The fourth-order valence-corrected chi connectivity index (χ4v) is 2.88. The van der Waals surface area contributed by atoms with Gasteiger partial charge in [0.1, 0.15) is 10.8 Å². The average Bonchev–Trinajstić information content (AvgIpc) is 3.16. The molecular weight excluding hydrogens is 296 g/mol. The first-order valence-corrected chi connectivity index (χ1v) is 7.96. The minimum atomic E-state index is 0.403. The third-order valence-electron chi connectivity index (χ3n) is 3.32. The Kier molecular flexibility index (Phi) is 4.20. The molecule has 0 fully saturated rings. The first kappa shape index (κ1) is 14.7. The first-order chi connectivity index (χ1) is 10.7. The van der Waals surface area contributed by atoms with Crippen molar-refractivity contribution in [1.29, 1.82) is 0 Å². The van der Waals surface area contributed by atoms with Gasteiger partial charge in [0.05, 0.1) is 25.4 Å². The van der Waals surface area contributed by atoms with Crippen molar-refractivity contribution in [1.82, 2.24) is 20.0 Å². The van der Waals surface area contributed by atoms with Gasteiger partial charge in [0.15, 0.2) is 5.01 Å². The summed E-state index contributed by atoms with van der Waals surface area (Å²) < 4.78 is 7.08. The zero-order chi connectivity index (χ0) is 15.5. The molecular formula is C16H18N4OS. The Morgan fingerprint density at radius 2 is 1.95 bits per heavy atom. The van der Waals surface area contributed by atoms with Crippen LogP contribution in [0.2, 0.25) is 0 Å². The molecule has 0 amide bonds. The lowest BCUT2D eigenvalue weighted by molar-refractivity contribution is 0.414. The predicted octanol–water partition coefficient (Wildman–Crippen LogP) is 3.58. The molecule has 1 aromatic carbocycles. The Labute approximate surface area is 133 Å². The molecule has 5 nitrogen and oxygen atoms in total. The van der Waals surface area contributed by atoms with E-state index in [9.17, 15) is 0 Å². The van der Waals surface area contributed by atoms with Gasteiger partial charge in [-0.25, -0.2) is 0 Å². The third-order valence-corrected chi connectivity index (χ3v) is 4.59. The lowest BCUT2D eigenvalue weighted by Gasteiger charge is -2.03. The fraction of sp³-hybridized carbons (Fsp3) is 0.312. The highest BCUT2D eigenvalue weighted by molar-refractivity contribution is 7.14. The molecule has 22 heavy (non-hydrogen) atoms. The summed E-state index contributed by atoms with van der Waals surface area (Å²) in [5.74, 6) is 1.26. The Morgan fingerprint density at radius 1 is 1.18 bits per heavy atom. The molecule has 0 aliphatic rings. The molecule has 2 aromatic heterocycles. The van der Waals surface area contributed by atoms with Gasteiger partial charge >= 0.3 is 0 Å². The van der Waals surface area contributed by atoms with Crippen molar-refractivity contribution >= 4 is 11.3 Å². The van der Waals surface area contributed by atoms with Crippen LogP contribution >= 0.6 is 11.3 Å². The number of hydrogen-bond acceptors (Lipinski definition) is 5. The molecule has 0 spiro atoms. The second-order valence-electron chi connectivity index (χ2n) is 5.37.